The summed E-state index contributed by atoms with van der Waals surface area (Å²) in [7, 11) is 1.72. The third-order valence-corrected chi connectivity index (χ3v) is 4.13. The van der Waals surface area contributed by atoms with Crippen molar-refractivity contribution in [1.82, 2.24) is 10.2 Å². The van der Waals surface area contributed by atoms with Crippen molar-refractivity contribution in [3.8, 4) is 0 Å². The number of fused-ring (bicyclic) bond motifs is 1. The van der Waals surface area contributed by atoms with Gasteiger partial charge in [-0.15, -0.1) is 0 Å². The van der Waals surface area contributed by atoms with Gasteiger partial charge in [0.1, 0.15) is 0 Å². The Morgan fingerprint density at radius 2 is 2.28 bits per heavy atom. The Balaban J connectivity index is 1.91. The van der Waals surface area contributed by atoms with Crippen molar-refractivity contribution in [3.63, 3.8) is 0 Å². The molecule has 0 amide bonds. The smallest absolute Gasteiger partial charge is 0.169 e. The van der Waals surface area contributed by atoms with Crippen LogP contribution in [-0.4, -0.2) is 55.1 Å². The Morgan fingerprint density at radius 3 is 3.06 bits per heavy atom. The predicted molar refractivity (Wildman–Crippen MR) is 75.8 cm³/mol. The fourth-order valence-electron chi connectivity index (χ4n) is 2.93. The number of thiocarbonyl (C=S) groups is 1. The van der Waals surface area contributed by atoms with Gasteiger partial charge in [0.2, 0.25) is 0 Å². The topological polar surface area (TPSA) is 33.7 Å². The maximum absolute atomic E-state index is 5.86. The van der Waals surface area contributed by atoms with Gasteiger partial charge in [0, 0.05) is 19.7 Å². The predicted octanol–water partition coefficient (Wildman–Crippen LogP) is 1.54. The molecule has 0 aromatic carbocycles. The molecular weight excluding hydrogens is 248 g/mol. The van der Waals surface area contributed by atoms with Gasteiger partial charge in [0.05, 0.1) is 25.4 Å². The zero-order valence-electron chi connectivity index (χ0n) is 11.4. The molecular formula is C13H24N2O2S. The lowest BCUT2D eigenvalue weighted by molar-refractivity contribution is -0.0640. The Hall–Kier alpha value is -0.390. The van der Waals surface area contributed by atoms with E-state index in [1.54, 1.807) is 7.11 Å². The van der Waals surface area contributed by atoms with Crippen molar-refractivity contribution in [3.05, 3.63) is 0 Å². The molecule has 4 nitrogen and oxygen atoms in total. The van der Waals surface area contributed by atoms with Crippen LogP contribution >= 0.6 is 12.2 Å². The number of methoxy groups -OCH3 is 1. The second kappa shape index (κ2) is 6.68. The molecule has 0 bridgehead atoms. The van der Waals surface area contributed by atoms with Crippen molar-refractivity contribution in [2.24, 2.45) is 0 Å². The van der Waals surface area contributed by atoms with Crippen molar-refractivity contribution in [2.75, 3.05) is 26.9 Å². The number of hydrogen-bond acceptors (Lipinski definition) is 3. The first kappa shape index (κ1) is 14.0. The molecule has 3 atom stereocenters. The van der Waals surface area contributed by atoms with E-state index < -0.39 is 0 Å². The Morgan fingerprint density at radius 1 is 1.50 bits per heavy atom. The zero-order chi connectivity index (χ0) is 13.0. The van der Waals surface area contributed by atoms with Gasteiger partial charge < -0.3 is 19.7 Å². The summed E-state index contributed by atoms with van der Waals surface area (Å²) in [4.78, 5) is 2.33. The minimum absolute atomic E-state index is 0.257. The zero-order valence-corrected chi connectivity index (χ0v) is 12.2. The first-order chi connectivity index (χ1) is 8.72. The second-order valence-electron chi connectivity index (χ2n) is 5.26. The molecule has 0 aromatic rings. The first-order valence-corrected chi connectivity index (χ1v) is 7.31. The fraction of sp³-hybridized carbons (Fsp3) is 0.923. The largest absolute Gasteiger partial charge is 0.383 e. The fourth-order valence-corrected chi connectivity index (χ4v) is 3.36. The van der Waals surface area contributed by atoms with Crippen LogP contribution in [0, 0.1) is 0 Å². The van der Waals surface area contributed by atoms with Crippen LogP contribution in [0.15, 0.2) is 0 Å². The molecule has 18 heavy (non-hydrogen) atoms. The molecule has 0 radical (unpaired) electrons. The van der Waals surface area contributed by atoms with Crippen LogP contribution in [0.1, 0.15) is 32.6 Å². The Bertz CT molecular complexity index is 286. The monoisotopic (exact) mass is 272 g/mol. The van der Waals surface area contributed by atoms with Crippen molar-refractivity contribution < 1.29 is 9.47 Å². The highest BCUT2D eigenvalue weighted by Gasteiger charge is 2.35. The van der Waals surface area contributed by atoms with Gasteiger partial charge in [-0.1, -0.05) is 12.8 Å². The summed E-state index contributed by atoms with van der Waals surface area (Å²) in [5, 5.41) is 4.22. The summed E-state index contributed by atoms with van der Waals surface area (Å²) >= 11 is 5.54. The lowest BCUT2D eigenvalue weighted by atomic mass is 9.90. The van der Waals surface area contributed by atoms with E-state index in [1.807, 2.05) is 0 Å². The van der Waals surface area contributed by atoms with E-state index in [0.717, 1.165) is 18.3 Å². The van der Waals surface area contributed by atoms with Gasteiger partial charge in [-0.05, 0) is 32.0 Å². The third kappa shape index (κ3) is 3.33. The third-order valence-electron chi connectivity index (χ3n) is 3.78. The number of ether oxygens (including phenoxy) is 2. The molecule has 2 rings (SSSR count). The Kier molecular flexibility index (Phi) is 5.21. The molecule has 1 aliphatic heterocycles. The number of rotatable bonds is 3. The lowest BCUT2D eigenvalue weighted by Crippen LogP contribution is -2.58. The number of hydrogen-bond donors (Lipinski definition) is 1. The van der Waals surface area contributed by atoms with Crippen LogP contribution in [0.25, 0.3) is 0 Å². The standard InChI is InChI=1S/C13H24N2O2S/c1-10(9-16-2)14-13(18)15-7-8-17-12-6-4-3-5-11(12)15/h10-12H,3-9H2,1-2H3,(H,14,18). The van der Waals surface area contributed by atoms with E-state index in [-0.39, 0.29) is 6.04 Å². The highest BCUT2D eigenvalue weighted by Crippen LogP contribution is 2.28. The van der Waals surface area contributed by atoms with Gasteiger partial charge in [-0.3, -0.25) is 0 Å². The van der Waals surface area contributed by atoms with Crippen LogP contribution in [0.3, 0.4) is 0 Å². The average molecular weight is 272 g/mol. The van der Waals surface area contributed by atoms with Crippen molar-refractivity contribution in [2.45, 2.75) is 50.8 Å². The maximum atomic E-state index is 5.86. The molecule has 1 saturated carbocycles. The van der Waals surface area contributed by atoms with Crippen LogP contribution in [0.5, 0.6) is 0 Å². The molecule has 1 aliphatic carbocycles. The van der Waals surface area contributed by atoms with E-state index in [0.29, 0.717) is 18.8 Å². The highest BCUT2D eigenvalue weighted by atomic mass is 32.1. The Labute approximate surface area is 115 Å². The molecule has 1 saturated heterocycles. The molecule has 0 aromatic heterocycles. The average Bonchev–Trinajstić information content (AvgIpc) is 2.38. The number of nitrogens with zero attached hydrogens (tertiary/aromatic N) is 1. The number of morpholine rings is 1. The maximum Gasteiger partial charge on any atom is 0.169 e. The van der Waals surface area contributed by atoms with Gasteiger partial charge >= 0.3 is 0 Å². The number of nitrogens with one attached hydrogen (secondary N) is 1. The minimum atomic E-state index is 0.257. The summed E-state index contributed by atoms with van der Waals surface area (Å²) in [6.45, 7) is 4.47. The van der Waals surface area contributed by atoms with E-state index in [9.17, 15) is 0 Å². The van der Waals surface area contributed by atoms with Crippen molar-refractivity contribution in [1.29, 1.82) is 0 Å². The van der Waals surface area contributed by atoms with E-state index >= 15 is 0 Å². The van der Waals surface area contributed by atoms with Crippen LogP contribution < -0.4 is 5.32 Å². The van der Waals surface area contributed by atoms with E-state index in [4.69, 9.17) is 21.7 Å². The molecule has 104 valence electrons. The summed E-state index contributed by atoms with van der Waals surface area (Å²) < 4.78 is 11.0. The summed E-state index contributed by atoms with van der Waals surface area (Å²) in [5.41, 5.74) is 0. The van der Waals surface area contributed by atoms with Crippen LogP contribution in [0.2, 0.25) is 0 Å². The van der Waals surface area contributed by atoms with Crippen LogP contribution in [0.4, 0.5) is 0 Å². The molecule has 1 heterocycles. The molecule has 5 heteroatoms. The van der Waals surface area contributed by atoms with Gasteiger partial charge in [0.15, 0.2) is 5.11 Å². The molecule has 1 N–H and O–H groups in total. The normalized spacial score (nSPS) is 29.6. The quantitative estimate of drug-likeness (QED) is 0.788. The van der Waals surface area contributed by atoms with Crippen LogP contribution in [-0.2, 0) is 9.47 Å². The summed E-state index contributed by atoms with van der Waals surface area (Å²) in [6.07, 6.45) is 5.33. The van der Waals surface area contributed by atoms with Gasteiger partial charge in [0.25, 0.3) is 0 Å². The van der Waals surface area contributed by atoms with E-state index in [1.165, 1.54) is 25.7 Å². The second-order valence-corrected chi connectivity index (χ2v) is 5.65. The van der Waals surface area contributed by atoms with Gasteiger partial charge in [-0.25, -0.2) is 0 Å². The minimum Gasteiger partial charge on any atom is -0.383 e. The summed E-state index contributed by atoms with van der Waals surface area (Å²) in [5.74, 6) is 0. The molecule has 0 spiro atoms. The van der Waals surface area contributed by atoms with Gasteiger partial charge in [-0.2, -0.15) is 0 Å². The van der Waals surface area contributed by atoms with E-state index in [2.05, 4.69) is 17.1 Å². The molecule has 2 fully saturated rings. The lowest BCUT2D eigenvalue weighted by Gasteiger charge is -2.45. The van der Waals surface area contributed by atoms with Crippen molar-refractivity contribution >= 4 is 17.3 Å². The molecule has 2 aliphatic rings. The first-order valence-electron chi connectivity index (χ1n) is 6.90. The SMILES string of the molecule is COCC(C)NC(=S)N1CCOC2CCCCC21. The summed E-state index contributed by atoms with van der Waals surface area (Å²) in [6, 6.07) is 0.731. The molecule has 3 unspecified atom stereocenters. The highest BCUT2D eigenvalue weighted by molar-refractivity contribution is 7.80.